The minimum absolute atomic E-state index is 0.149. The van der Waals surface area contributed by atoms with Crippen molar-refractivity contribution < 1.29 is 19.0 Å². The summed E-state index contributed by atoms with van der Waals surface area (Å²) in [5, 5.41) is 0. The van der Waals surface area contributed by atoms with Gasteiger partial charge in [0.1, 0.15) is 18.2 Å². The number of piperidine rings is 1. The van der Waals surface area contributed by atoms with Crippen molar-refractivity contribution in [1.82, 2.24) is 14.5 Å². The number of hydrogen-bond acceptors (Lipinski definition) is 5. The highest BCUT2D eigenvalue weighted by atomic mass is 16.5. The van der Waals surface area contributed by atoms with E-state index < -0.39 is 0 Å². The Labute approximate surface area is 217 Å². The van der Waals surface area contributed by atoms with Crippen molar-refractivity contribution in [1.29, 1.82) is 0 Å². The Kier molecular flexibility index (Phi) is 7.59. The Hall–Kier alpha value is -4.00. The molecular formula is C30H33N3O4. The van der Waals surface area contributed by atoms with Crippen LogP contribution in [0.25, 0.3) is 11.0 Å². The molecule has 1 aliphatic heterocycles. The van der Waals surface area contributed by atoms with Crippen molar-refractivity contribution in [2.75, 3.05) is 27.3 Å². The summed E-state index contributed by atoms with van der Waals surface area (Å²) in [7, 11) is 3.22. The van der Waals surface area contributed by atoms with Gasteiger partial charge in [-0.3, -0.25) is 4.79 Å². The first kappa shape index (κ1) is 24.7. The topological polar surface area (TPSA) is 65.8 Å². The van der Waals surface area contributed by atoms with Crippen LogP contribution in [0.4, 0.5) is 0 Å². The first-order chi connectivity index (χ1) is 18.1. The minimum Gasteiger partial charge on any atom is -0.493 e. The summed E-state index contributed by atoms with van der Waals surface area (Å²) in [4.78, 5) is 19.9. The average molecular weight is 500 g/mol. The van der Waals surface area contributed by atoms with Crippen LogP contribution in [0.2, 0.25) is 0 Å². The molecule has 7 heteroatoms. The number of methoxy groups -OCH3 is 2. The Bertz CT molecular complexity index is 1340. The van der Waals surface area contributed by atoms with Gasteiger partial charge in [-0.15, -0.1) is 0 Å². The molecule has 0 spiro atoms. The largest absolute Gasteiger partial charge is 0.493 e. The van der Waals surface area contributed by atoms with E-state index in [1.165, 1.54) is 0 Å². The zero-order chi connectivity index (χ0) is 25.6. The molecule has 37 heavy (non-hydrogen) atoms. The van der Waals surface area contributed by atoms with E-state index in [9.17, 15) is 4.79 Å². The summed E-state index contributed by atoms with van der Waals surface area (Å²) in [6.07, 6.45) is 2.28. The second-order valence-corrected chi connectivity index (χ2v) is 9.42. The lowest BCUT2D eigenvalue weighted by Gasteiger charge is -2.32. The van der Waals surface area contributed by atoms with Crippen LogP contribution in [0.1, 0.15) is 24.2 Å². The minimum atomic E-state index is 0.149. The van der Waals surface area contributed by atoms with E-state index in [-0.39, 0.29) is 5.91 Å². The molecule has 0 saturated carbocycles. The fourth-order valence-electron chi connectivity index (χ4n) is 5.00. The SMILES string of the molecule is COc1ccc(CC(=O)N2CCC(Cn3c(COc4ccccc4)nc4ccccc43)CC2)cc1OC. The molecule has 4 aromatic rings. The third-order valence-electron chi connectivity index (χ3n) is 7.06. The predicted molar refractivity (Wildman–Crippen MR) is 143 cm³/mol. The van der Waals surface area contributed by atoms with Gasteiger partial charge in [-0.05, 0) is 60.7 Å². The highest BCUT2D eigenvalue weighted by molar-refractivity contribution is 5.79. The van der Waals surface area contributed by atoms with Gasteiger partial charge in [-0.25, -0.2) is 4.98 Å². The van der Waals surface area contributed by atoms with Crippen LogP contribution in [0.3, 0.4) is 0 Å². The summed E-state index contributed by atoms with van der Waals surface area (Å²) in [6.45, 7) is 2.81. The average Bonchev–Trinajstić information content (AvgIpc) is 3.29. The van der Waals surface area contributed by atoms with Crippen LogP contribution in [-0.4, -0.2) is 47.7 Å². The Morgan fingerprint density at radius 2 is 1.65 bits per heavy atom. The normalized spacial score (nSPS) is 14.1. The molecule has 3 aromatic carbocycles. The third kappa shape index (κ3) is 5.71. The molecule has 1 amide bonds. The van der Waals surface area contributed by atoms with E-state index in [1.807, 2.05) is 65.6 Å². The van der Waals surface area contributed by atoms with Crippen molar-refractivity contribution in [2.24, 2.45) is 5.92 Å². The number of likely N-dealkylation sites (tertiary alicyclic amines) is 1. The van der Waals surface area contributed by atoms with Gasteiger partial charge >= 0.3 is 0 Å². The number of benzene rings is 3. The summed E-state index contributed by atoms with van der Waals surface area (Å²) in [6, 6.07) is 23.7. The van der Waals surface area contributed by atoms with Crippen molar-refractivity contribution in [2.45, 2.75) is 32.4 Å². The zero-order valence-corrected chi connectivity index (χ0v) is 21.4. The number of carbonyl (C=O) groups excluding carboxylic acids is 1. The van der Waals surface area contributed by atoms with Gasteiger partial charge in [0.25, 0.3) is 0 Å². The maximum absolute atomic E-state index is 13.0. The molecule has 192 valence electrons. The molecule has 1 fully saturated rings. The van der Waals surface area contributed by atoms with Crippen LogP contribution in [0.15, 0.2) is 72.8 Å². The molecule has 5 rings (SSSR count). The molecular weight excluding hydrogens is 466 g/mol. The van der Waals surface area contributed by atoms with E-state index in [1.54, 1.807) is 14.2 Å². The van der Waals surface area contributed by atoms with E-state index >= 15 is 0 Å². The highest BCUT2D eigenvalue weighted by Crippen LogP contribution is 2.29. The molecule has 0 bridgehead atoms. The number of nitrogens with zero attached hydrogens (tertiary/aromatic N) is 3. The number of rotatable bonds is 9. The molecule has 1 saturated heterocycles. The Morgan fingerprint density at radius 3 is 2.41 bits per heavy atom. The van der Waals surface area contributed by atoms with Crippen molar-refractivity contribution in [3.05, 3.63) is 84.2 Å². The molecule has 0 atom stereocenters. The summed E-state index contributed by atoms with van der Waals surface area (Å²) in [5.41, 5.74) is 3.04. The van der Waals surface area contributed by atoms with Crippen LogP contribution < -0.4 is 14.2 Å². The second-order valence-electron chi connectivity index (χ2n) is 9.42. The molecule has 1 aliphatic rings. The van der Waals surface area contributed by atoms with E-state index in [2.05, 4.69) is 16.7 Å². The van der Waals surface area contributed by atoms with Crippen molar-refractivity contribution in [3.8, 4) is 17.2 Å². The van der Waals surface area contributed by atoms with Crippen LogP contribution >= 0.6 is 0 Å². The van der Waals surface area contributed by atoms with Gasteiger partial charge < -0.3 is 23.7 Å². The van der Waals surface area contributed by atoms with Gasteiger partial charge in [0.2, 0.25) is 5.91 Å². The first-order valence-electron chi connectivity index (χ1n) is 12.7. The lowest BCUT2D eigenvalue weighted by molar-refractivity contribution is -0.131. The standard InChI is InChI=1S/C30H33N3O4/c1-35-27-13-12-23(18-28(27)36-2)19-30(34)32-16-14-22(15-17-32)20-33-26-11-7-6-10-25(26)31-29(33)21-37-24-8-4-3-5-9-24/h3-13,18,22H,14-17,19-21H2,1-2H3. The number of para-hydroxylation sites is 3. The fraction of sp³-hybridized carbons (Fsp3) is 0.333. The summed E-state index contributed by atoms with van der Waals surface area (Å²) in [5.74, 6) is 3.69. The van der Waals surface area contributed by atoms with Gasteiger partial charge in [0, 0.05) is 19.6 Å². The molecule has 2 heterocycles. The Balaban J connectivity index is 1.22. The molecule has 0 radical (unpaired) electrons. The van der Waals surface area contributed by atoms with E-state index in [0.717, 1.165) is 60.6 Å². The van der Waals surface area contributed by atoms with E-state index in [0.29, 0.717) is 30.4 Å². The number of carbonyl (C=O) groups is 1. The molecule has 0 unspecified atom stereocenters. The number of amides is 1. The maximum atomic E-state index is 13.0. The third-order valence-corrected chi connectivity index (χ3v) is 7.06. The molecule has 7 nitrogen and oxygen atoms in total. The maximum Gasteiger partial charge on any atom is 0.226 e. The monoisotopic (exact) mass is 499 g/mol. The Morgan fingerprint density at radius 1 is 0.919 bits per heavy atom. The van der Waals surface area contributed by atoms with Crippen molar-refractivity contribution in [3.63, 3.8) is 0 Å². The highest BCUT2D eigenvalue weighted by Gasteiger charge is 2.25. The van der Waals surface area contributed by atoms with Crippen LogP contribution in [0, 0.1) is 5.92 Å². The van der Waals surface area contributed by atoms with Gasteiger partial charge in [0.15, 0.2) is 11.5 Å². The lowest BCUT2D eigenvalue weighted by Crippen LogP contribution is -2.40. The zero-order valence-electron chi connectivity index (χ0n) is 21.4. The number of ether oxygens (including phenoxy) is 3. The van der Waals surface area contributed by atoms with Gasteiger partial charge in [0.05, 0.1) is 31.7 Å². The van der Waals surface area contributed by atoms with Crippen LogP contribution in [-0.2, 0) is 24.4 Å². The number of hydrogen-bond donors (Lipinski definition) is 0. The fourth-order valence-corrected chi connectivity index (χ4v) is 5.00. The smallest absolute Gasteiger partial charge is 0.226 e. The van der Waals surface area contributed by atoms with Crippen LogP contribution in [0.5, 0.6) is 17.2 Å². The molecule has 1 aromatic heterocycles. The van der Waals surface area contributed by atoms with Gasteiger partial charge in [-0.2, -0.15) is 0 Å². The van der Waals surface area contributed by atoms with E-state index in [4.69, 9.17) is 19.2 Å². The molecule has 0 N–H and O–H groups in total. The summed E-state index contributed by atoms with van der Waals surface area (Å²) < 4.78 is 19.0. The van der Waals surface area contributed by atoms with Gasteiger partial charge in [-0.1, -0.05) is 36.4 Å². The molecule has 0 aliphatic carbocycles. The summed E-state index contributed by atoms with van der Waals surface area (Å²) >= 11 is 0. The first-order valence-corrected chi connectivity index (χ1v) is 12.7. The quantitative estimate of drug-likeness (QED) is 0.320. The number of aromatic nitrogens is 2. The predicted octanol–water partition coefficient (Wildman–Crippen LogP) is 5.11. The lowest BCUT2D eigenvalue weighted by atomic mass is 9.96. The number of fused-ring (bicyclic) bond motifs is 1. The number of imidazole rings is 1. The van der Waals surface area contributed by atoms with Crippen molar-refractivity contribution >= 4 is 16.9 Å². The second kappa shape index (κ2) is 11.4.